The molecule has 0 aromatic heterocycles. The average molecular weight is 591 g/mol. The molecule has 0 aliphatic rings. The number of carboxylic acid groups (broad SMARTS) is 1. The van der Waals surface area contributed by atoms with Gasteiger partial charge in [-0.3, -0.25) is 9.59 Å². The molecule has 0 radical (unpaired) electrons. The van der Waals surface area contributed by atoms with E-state index in [2.05, 4.69) is 59.9 Å². The van der Waals surface area contributed by atoms with Gasteiger partial charge in [0.25, 0.3) is 0 Å². The number of halogens is 3. The Bertz CT molecular complexity index is 185. The number of carbonyl (C=O) groups excluding carboxylic acids is 1. The Hall–Kier alpha value is 1.91. The van der Waals surface area contributed by atoms with Crippen molar-refractivity contribution in [3.8, 4) is 0 Å². The van der Waals surface area contributed by atoms with E-state index in [1.807, 2.05) is 0 Å². The first-order valence-electron chi connectivity index (χ1n) is 3.77. The normalized spacial score (nSPS) is 10.8. The number of Topliss-reactive ketones (excluding diaryl/α,β-unsaturated/α-hetero) is 1. The number of carbonyl (C=O) groups is 2. The van der Waals surface area contributed by atoms with Gasteiger partial charge in [0.15, 0.2) is 0 Å². The van der Waals surface area contributed by atoms with Gasteiger partial charge in [0, 0.05) is 12.3 Å². The molecule has 0 spiro atoms. The molecular formula is C8H15I3O3V-. The van der Waals surface area contributed by atoms with Gasteiger partial charge in [0.1, 0.15) is 5.78 Å². The first-order valence-corrected chi connectivity index (χ1v) is 17.3. The molecule has 3 nitrogen and oxygen atoms in total. The van der Waals surface area contributed by atoms with Gasteiger partial charge in [0.05, 0.1) is 0 Å². The molecule has 0 aliphatic heterocycles. The van der Waals surface area contributed by atoms with E-state index in [1.54, 1.807) is 6.92 Å². The zero-order valence-electron chi connectivity index (χ0n) is 8.84. The zero-order valence-corrected chi connectivity index (χ0v) is 16.7. The summed E-state index contributed by atoms with van der Waals surface area (Å²) in [6.45, 7) is 3.22. The second-order valence-electron chi connectivity index (χ2n) is 2.64. The van der Waals surface area contributed by atoms with Crippen molar-refractivity contribution in [1.82, 2.24) is 0 Å². The van der Waals surface area contributed by atoms with E-state index in [0.29, 0.717) is 6.42 Å². The van der Waals surface area contributed by atoms with Crippen molar-refractivity contribution in [2.75, 3.05) is 0 Å². The Morgan fingerprint density at radius 2 is 1.67 bits per heavy atom. The van der Waals surface area contributed by atoms with Gasteiger partial charge in [-0.1, -0.05) is 6.92 Å². The molecule has 0 bridgehead atoms. The fourth-order valence-corrected chi connectivity index (χ4v) is 0.543. The van der Waals surface area contributed by atoms with Crippen molar-refractivity contribution in [2.24, 2.45) is 5.92 Å². The van der Waals surface area contributed by atoms with Crippen molar-refractivity contribution in [3.63, 3.8) is 0 Å². The second-order valence-corrected chi connectivity index (χ2v) is 38.0. The maximum absolute atomic E-state index is 10.6. The van der Waals surface area contributed by atoms with Crippen LogP contribution in [0, 0.1) is 13.3 Å². The summed E-state index contributed by atoms with van der Waals surface area (Å²) in [5.41, 5.74) is 0. The summed E-state index contributed by atoms with van der Waals surface area (Å²) in [5, 5.41) is 8.23. The predicted octanol–water partition coefficient (Wildman–Crippen LogP) is 4.18. The van der Waals surface area contributed by atoms with Crippen molar-refractivity contribution in [3.05, 3.63) is 7.43 Å². The van der Waals surface area contributed by atoms with Crippen LogP contribution in [0.2, 0.25) is 0 Å². The predicted molar refractivity (Wildman–Crippen MR) is 85.2 cm³/mol. The van der Waals surface area contributed by atoms with Crippen LogP contribution in [0.4, 0.5) is 0 Å². The van der Waals surface area contributed by atoms with Gasteiger partial charge in [0.2, 0.25) is 0 Å². The van der Waals surface area contributed by atoms with E-state index in [-0.39, 0.29) is 30.5 Å². The first-order chi connectivity index (χ1) is 6.27. The van der Waals surface area contributed by atoms with E-state index < -0.39 is 5.97 Å². The van der Waals surface area contributed by atoms with Crippen LogP contribution < -0.4 is 0 Å². The van der Waals surface area contributed by atoms with Gasteiger partial charge in [-0.15, -0.1) is 0 Å². The minimum atomic E-state index is -0.840. The number of rotatable bonds is 4. The molecular weight excluding hydrogens is 576 g/mol. The standard InChI is InChI=1S/C7H12O3.CH3.3HI.V/c1-5(6(2)8)3-4-7(9)10;;;;;/h5H,3-4H2,1-2H3,(H,9,10);1H3;3*1H;/q;-1;;;;+3/p-3. The molecule has 0 saturated carbocycles. The number of hydrogen-bond acceptors (Lipinski definition) is 2. The monoisotopic (exact) mass is 591 g/mol. The van der Waals surface area contributed by atoms with Crippen LogP contribution >= 0.6 is 59.9 Å². The Balaban J connectivity index is -0.000000249. The molecule has 0 aromatic carbocycles. The molecule has 0 aliphatic carbocycles. The fraction of sp³-hybridized carbons (Fsp3) is 0.625. The van der Waals surface area contributed by atoms with Crippen LogP contribution in [-0.2, 0) is 14.5 Å². The van der Waals surface area contributed by atoms with E-state index in [9.17, 15) is 9.59 Å². The summed E-state index contributed by atoms with van der Waals surface area (Å²) in [7, 11) is 0. The first kappa shape index (κ1) is 22.1. The summed E-state index contributed by atoms with van der Waals surface area (Å²) < 4.78 is 0. The van der Waals surface area contributed by atoms with E-state index in [1.165, 1.54) is 6.92 Å². The van der Waals surface area contributed by atoms with E-state index >= 15 is 0 Å². The third-order valence-corrected chi connectivity index (χ3v) is 1.49. The molecule has 0 amide bonds. The number of hydrogen-bond donors (Lipinski definition) is 1. The van der Waals surface area contributed by atoms with Gasteiger partial charge >= 0.3 is 70.8 Å². The molecule has 0 aromatic rings. The Morgan fingerprint density at radius 1 is 1.33 bits per heavy atom. The van der Waals surface area contributed by atoms with Crippen LogP contribution in [-0.4, -0.2) is 16.9 Å². The summed E-state index contributed by atoms with van der Waals surface area (Å²) in [6, 6.07) is 0. The van der Waals surface area contributed by atoms with Crippen LogP contribution in [0.5, 0.6) is 0 Å². The quantitative estimate of drug-likeness (QED) is 0.395. The molecule has 1 atom stereocenters. The third kappa shape index (κ3) is 25.9. The average Bonchev–Trinajstić information content (AvgIpc) is 1.98. The Morgan fingerprint density at radius 3 is 1.87 bits per heavy atom. The molecule has 1 unspecified atom stereocenters. The number of aliphatic carboxylic acids is 1. The Labute approximate surface area is 129 Å². The molecule has 15 heavy (non-hydrogen) atoms. The van der Waals surface area contributed by atoms with Crippen molar-refractivity contribution >= 4 is 71.7 Å². The molecule has 0 rings (SSSR count). The van der Waals surface area contributed by atoms with Crippen LogP contribution in [0.25, 0.3) is 0 Å². The van der Waals surface area contributed by atoms with Crippen LogP contribution in [0.15, 0.2) is 0 Å². The molecule has 1 N–H and O–H groups in total. The number of carboxylic acids is 1. The summed E-state index contributed by atoms with van der Waals surface area (Å²) in [4.78, 5) is 20.3. The van der Waals surface area contributed by atoms with Gasteiger partial charge in [-0.25, -0.2) is 0 Å². The van der Waals surface area contributed by atoms with E-state index in [0.717, 1.165) is 0 Å². The Kier molecular flexibility index (Phi) is 20.6. The van der Waals surface area contributed by atoms with Crippen LogP contribution in [0.1, 0.15) is 26.7 Å². The number of ketones is 1. The van der Waals surface area contributed by atoms with Crippen molar-refractivity contribution in [1.29, 1.82) is 0 Å². The molecule has 0 heterocycles. The third-order valence-electron chi connectivity index (χ3n) is 1.49. The van der Waals surface area contributed by atoms with Crippen molar-refractivity contribution in [2.45, 2.75) is 26.7 Å². The molecule has 92 valence electrons. The van der Waals surface area contributed by atoms with Gasteiger partial charge in [-0.2, -0.15) is 0 Å². The van der Waals surface area contributed by atoms with E-state index in [4.69, 9.17) is 5.11 Å². The molecule has 0 saturated heterocycles. The maximum atomic E-state index is 10.6. The summed E-state index contributed by atoms with van der Waals surface area (Å²) >= 11 is 7.39. The fourth-order valence-electron chi connectivity index (χ4n) is 0.543. The molecule has 7 heteroatoms. The summed E-state index contributed by atoms with van der Waals surface area (Å²) in [5.74, 6) is -0.898. The topological polar surface area (TPSA) is 54.4 Å². The van der Waals surface area contributed by atoms with Crippen LogP contribution in [0.3, 0.4) is 0 Å². The SMILES string of the molecule is CC(=O)C(C)CCC(=O)O.[CH3-].[I][V]([I])[I]. The summed E-state index contributed by atoms with van der Waals surface area (Å²) in [6.07, 6.45) is 0.533. The van der Waals surface area contributed by atoms with Crippen molar-refractivity contribution < 1.29 is 19.6 Å². The van der Waals surface area contributed by atoms with Gasteiger partial charge < -0.3 is 12.5 Å². The minimum absolute atomic E-state index is 0. The second kappa shape index (κ2) is 14.0. The zero-order chi connectivity index (χ0) is 11.7. The molecule has 0 fully saturated rings. The van der Waals surface area contributed by atoms with Gasteiger partial charge in [-0.05, 0) is 13.3 Å².